The van der Waals surface area contributed by atoms with Crippen molar-refractivity contribution in [2.45, 2.75) is 32.3 Å². The first-order valence-electron chi connectivity index (χ1n) is 8.83. The Balaban J connectivity index is 1.64. The molecule has 1 aliphatic heterocycles. The summed E-state index contributed by atoms with van der Waals surface area (Å²) < 4.78 is 28.9. The maximum absolute atomic E-state index is 12.3. The monoisotopic (exact) mass is 360 g/mol. The van der Waals surface area contributed by atoms with Gasteiger partial charge in [0.05, 0.1) is 0 Å². The standard InChI is InChI=1S/C20H22F2N2O2/c21-20(22)26-18-7-5-6-15(14-18)19(25)23-16-8-10-17(11-9-16)24-12-3-1-2-4-13-24/h5-11,14,20H,1-4,12-13H2,(H,23,25). The van der Waals surface area contributed by atoms with Crippen molar-refractivity contribution in [3.63, 3.8) is 0 Å². The number of halogens is 2. The first-order valence-corrected chi connectivity index (χ1v) is 8.83. The van der Waals surface area contributed by atoms with Gasteiger partial charge in [-0.25, -0.2) is 0 Å². The highest BCUT2D eigenvalue weighted by molar-refractivity contribution is 6.04. The summed E-state index contributed by atoms with van der Waals surface area (Å²) in [4.78, 5) is 14.7. The van der Waals surface area contributed by atoms with Crippen LogP contribution in [0.15, 0.2) is 48.5 Å². The first kappa shape index (κ1) is 18.2. The predicted molar refractivity (Wildman–Crippen MR) is 98.2 cm³/mol. The molecule has 0 spiro atoms. The number of carbonyl (C=O) groups is 1. The van der Waals surface area contributed by atoms with E-state index < -0.39 is 6.61 Å². The van der Waals surface area contributed by atoms with Crippen LogP contribution in [0.3, 0.4) is 0 Å². The fourth-order valence-corrected chi connectivity index (χ4v) is 3.10. The van der Waals surface area contributed by atoms with Crippen LogP contribution in [0.1, 0.15) is 36.0 Å². The van der Waals surface area contributed by atoms with Crippen LogP contribution >= 0.6 is 0 Å². The number of rotatable bonds is 5. The molecule has 2 aromatic carbocycles. The number of hydrogen-bond acceptors (Lipinski definition) is 3. The van der Waals surface area contributed by atoms with Crippen molar-refractivity contribution in [2.75, 3.05) is 23.3 Å². The zero-order valence-electron chi connectivity index (χ0n) is 14.5. The number of anilines is 2. The van der Waals surface area contributed by atoms with Crippen molar-refractivity contribution in [1.82, 2.24) is 0 Å². The summed E-state index contributed by atoms with van der Waals surface area (Å²) in [5.74, 6) is -0.406. The van der Waals surface area contributed by atoms with E-state index >= 15 is 0 Å². The average Bonchev–Trinajstić information content (AvgIpc) is 2.91. The fraction of sp³-hybridized carbons (Fsp3) is 0.350. The lowest BCUT2D eigenvalue weighted by molar-refractivity contribution is -0.0498. The summed E-state index contributed by atoms with van der Waals surface area (Å²) >= 11 is 0. The molecule has 0 aromatic heterocycles. The van der Waals surface area contributed by atoms with Gasteiger partial charge in [0.2, 0.25) is 0 Å². The fourth-order valence-electron chi connectivity index (χ4n) is 3.10. The predicted octanol–water partition coefficient (Wildman–Crippen LogP) is 4.92. The lowest BCUT2D eigenvalue weighted by atomic mass is 10.2. The van der Waals surface area contributed by atoms with Gasteiger partial charge >= 0.3 is 6.61 Å². The van der Waals surface area contributed by atoms with Crippen LogP contribution in [0.2, 0.25) is 0 Å². The van der Waals surface area contributed by atoms with Gasteiger partial charge in [0.1, 0.15) is 5.75 Å². The minimum Gasteiger partial charge on any atom is -0.435 e. The average molecular weight is 360 g/mol. The van der Waals surface area contributed by atoms with Crippen LogP contribution in [0.25, 0.3) is 0 Å². The second-order valence-electron chi connectivity index (χ2n) is 6.31. The van der Waals surface area contributed by atoms with Gasteiger partial charge in [-0.2, -0.15) is 8.78 Å². The Morgan fingerprint density at radius 2 is 1.69 bits per heavy atom. The van der Waals surface area contributed by atoms with Crippen molar-refractivity contribution in [1.29, 1.82) is 0 Å². The highest BCUT2D eigenvalue weighted by atomic mass is 19.3. The molecular weight excluding hydrogens is 338 g/mol. The zero-order valence-corrected chi connectivity index (χ0v) is 14.5. The molecule has 1 saturated heterocycles. The summed E-state index contributed by atoms with van der Waals surface area (Å²) in [6.07, 6.45) is 4.96. The van der Waals surface area contributed by atoms with Gasteiger partial charge in [-0.1, -0.05) is 18.9 Å². The Kier molecular flexibility index (Phi) is 6.04. The number of hydrogen-bond donors (Lipinski definition) is 1. The van der Waals surface area contributed by atoms with Gasteiger partial charge in [0.25, 0.3) is 5.91 Å². The van der Waals surface area contributed by atoms with Crippen LogP contribution in [-0.2, 0) is 0 Å². The molecule has 1 fully saturated rings. The molecule has 1 heterocycles. The number of alkyl halides is 2. The van der Waals surface area contributed by atoms with Crippen molar-refractivity contribution in [3.05, 3.63) is 54.1 Å². The molecule has 6 heteroatoms. The maximum Gasteiger partial charge on any atom is 0.387 e. The topological polar surface area (TPSA) is 41.6 Å². The molecule has 0 aliphatic carbocycles. The van der Waals surface area contributed by atoms with Gasteiger partial charge in [-0.3, -0.25) is 4.79 Å². The molecule has 1 aliphatic rings. The molecule has 0 unspecified atom stereocenters. The van der Waals surface area contributed by atoms with Gasteiger partial charge in [-0.05, 0) is 55.3 Å². The number of nitrogens with one attached hydrogen (secondary N) is 1. The molecule has 3 rings (SSSR count). The second kappa shape index (κ2) is 8.65. The van der Waals surface area contributed by atoms with E-state index in [2.05, 4.69) is 15.0 Å². The largest absolute Gasteiger partial charge is 0.435 e. The summed E-state index contributed by atoms with van der Waals surface area (Å²) in [7, 11) is 0. The summed E-state index contributed by atoms with van der Waals surface area (Å²) in [6, 6.07) is 13.5. The molecule has 0 atom stereocenters. The van der Waals surface area contributed by atoms with Gasteiger partial charge < -0.3 is 15.0 Å². The van der Waals surface area contributed by atoms with Gasteiger partial charge in [0, 0.05) is 30.0 Å². The van der Waals surface area contributed by atoms with Crippen molar-refractivity contribution in [3.8, 4) is 5.75 Å². The third kappa shape index (κ3) is 4.94. The molecule has 0 bridgehead atoms. The van der Waals surface area contributed by atoms with E-state index in [0.29, 0.717) is 5.69 Å². The molecule has 26 heavy (non-hydrogen) atoms. The van der Waals surface area contributed by atoms with E-state index in [1.165, 1.54) is 43.9 Å². The van der Waals surface area contributed by atoms with E-state index in [1.54, 1.807) is 6.07 Å². The summed E-state index contributed by atoms with van der Waals surface area (Å²) in [5, 5.41) is 2.78. The smallest absolute Gasteiger partial charge is 0.387 e. The highest BCUT2D eigenvalue weighted by Crippen LogP contribution is 2.22. The SMILES string of the molecule is O=C(Nc1ccc(N2CCCCCC2)cc1)c1cccc(OC(F)F)c1. The number of benzene rings is 2. The van der Waals surface area contributed by atoms with Crippen molar-refractivity contribution in [2.24, 2.45) is 0 Å². The third-order valence-corrected chi connectivity index (χ3v) is 4.42. The quantitative estimate of drug-likeness (QED) is 0.823. The van der Waals surface area contributed by atoms with Gasteiger partial charge in [0.15, 0.2) is 0 Å². The molecule has 4 nitrogen and oxygen atoms in total. The number of amides is 1. The summed E-state index contributed by atoms with van der Waals surface area (Å²) in [5.41, 5.74) is 2.07. The van der Waals surface area contributed by atoms with Crippen molar-refractivity contribution >= 4 is 17.3 Å². The van der Waals surface area contributed by atoms with E-state index in [-0.39, 0.29) is 17.2 Å². The second-order valence-corrected chi connectivity index (χ2v) is 6.31. The van der Waals surface area contributed by atoms with Crippen LogP contribution in [0.4, 0.5) is 20.2 Å². The minimum absolute atomic E-state index is 0.0378. The molecule has 2 aromatic rings. The van der Waals surface area contributed by atoms with Crippen LogP contribution in [0, 0.1) is 0 Å². The number of carbonyl (C=O) groups excluding carboxylic acids is 1. The summed E-state index contributed by atoms with van der Waals surface area (Å²) in [6.45, 7) is -0.800. The number of ether oxygens (including phenoxy) is 1. The Labute approximate surface area is 151 Å². The van der Waals surface area contributed by atoms with Gasteiger partial charge in [-0.15, -0.1) is 0 Å². The van der Waals surface area contributed by atoms with E-state index in [1.807, 2.05) is 24.3 Å². The highest BCUT2D eigenvalue weighted by Gasteiger charge is 2.12. The normalized spacial score (nSPS) is 14.8. The molecule has 138 valence electrons. The van der Waals surface area contributed by atoms with Crippen LogP contribution < -0.4 is 15.0 Å². The lowest BCUT2D eigenvalue weighted by Crippen LogP contribution is -2.23. The molecule has 0 saturated carbocycles. The third-order valence-electron chi connectivity index (χ3n) is 4.42. The first-order chi connectivity index (χ1) is 12.6. The lowest BCUT2D eigenvalue weighted by Gasteiger charge is -2.22. The molecular formula is C20H22F2N2O2. The molecule has 1 amide bonds. The molecule has 1 N–H and O–H groups in total. The van der Waals surface area contributed by atoms with Crippen molar-refractivity contribution < 1.29 is 18.3 Å². The van der Waals surface area contributed by atoms with E-state index in [0.717, 1.165) is 18.8 Å². The Hall–Kier alpha value is -2.63. The van der Waals surface area contributed by atoms with E-state index in [4.69, 9.17) is 0 Å². The zero-order chi connectivity index (χ0) is 18.4. The minimum atomic E-state index is -2.92. The van der Waals surface area contributed by atoms with Crippen LogP contribution in [-0.4, -0.2) is 25.6 Å². The molecule has 0 radical (unpaired) electrons. The van der Waals surface area contributed by atoms with Crippen LogP contribution in [0.5, 0.6) is 5.75 Å². The Morgan fingerprint density at radius 1 is 1.00 bits per heavy atom. The van der Waals surface area contributed by atoms with E-state index in [9.17, 15) is 13.6 Å². The Bertz CT molecular complexity index is 727. The maximum atomic E-state index is 12.3. The Morgan fingerprint density at radius 3 is 2.35 bits per heavy atom. The number of nitrogens with zero attached hydrogens (tertiary/aromatic N) is 1.